The van der Waals surface area contributed by atoms with Crippen molar-refractivity contribution in [2.24, 2.45) is 0 Å². The number of nitrogens with zero attached hydrogens (tertiary/aromatic N) is 1. The molecule has 1 fully saturated rings. The third-order valence-corrected chi connectivity index (χ3v) is 7.00. The van der Waals surface area contributed by atoms with Crippen LogP contribution in [0.1, 0.15) is 16.7 Å². The molecule has 0 N–H and O–H groups in total. The van der Waals surface area contributed by atoms with Gasteiger partial charge in [0.15, 0.2) is 11.5 Å². The van der Waals surface area contributed by atoms with Crippen molar-refractivity contribution in [2.75, 3.05) is 7.11 Å². The minimum atomic E-state index is -0.593. The molecule has 0 unspecified atom stereocenters. The fourth-order valence-electron chi connectivity index (χ4n) is 3.37. The number of thioether (sulfide) groups is 1. The van der Waals surface area contributed by atoms with Gasteiger partial charge in [-0.15, -0.1) is 0 Å². The molecule has 0 aliphatic carbocycles. The van der Waals surface area contributed by atoms with E-state index in [9.17, 15) is 14.0 Å². The summed E-state index contributed by atoms with van der Waals surface area (Å²) in [5.74, 6) is -0.357. The van der Waals surface area contributed by atoms with Crippen LogP contribution in [0.25, 0.3) is 6.08 Å². The van der Waals surface area contributed by atoms with E-state index in [0.717, 1.165) is 16.7 Å². The van der Waals surface area contributed by atoms with Crippen LogP contribution in [-0.4, -0.2) is 23.2 Å². The highest BCUT2D eigenvalue weighted by Gasteiger charge is 2.36. The largest absolute Gasteiger partial charge is 0.493 e. The molecular weight excluding hydrogens is 536 g/mol. The number of benzene rings is 3. The summed E-state index contributed by atoms with van der Waals surface area (Å²) in [5.41, 5.74) is 1.29. The summed E-state index contributed by atoms with van der Waals surface area (Å²) in [6.07, 6.45) is 1.54. The van der Waals surface area contributed by atoms with E-state index >= 15 is 0 Å². The highest BCUT2D eigenvalue weighted by molar-refractivity contribution is 8.18. The maximum Gasteiger partial charge on any atom is 0.293 e. The Bertz CT molecular complexity index is 1330. The third-order valence-electron chi connectivity index (χ3n) is 5.15. The zero-order valence-corrected chi connectivity index (χ0v) is 21.3. The number of carbonyl (C=O) groups excluding carboxylic acids is 2. The van der Waals surface area contributed by atoms with Gasteiger partial charge in [-0.3, -0.25) is 14.5 Å². The number of amides is 2. The molecule has 5 nitrogen and oxygen atoms in total. The van der Waals surface area contributed by atoms with Crippen LogP contribution in [0.2, 0.25) is 15.1 Å². The summed E-state index contributed by atoms with van der Waals surface area (Å²) in [4.78, 5) is 26.7. The molecule has 4 rings (SSSR count). The molecular formula is C25H17Cl3FNO4S. The van der Waals surface area contributed by atoms with Crippen molar-refractivity contribution < 1.29 is 23.5 Å². The molecule has 10 heteroatoms. The maximum atomic E-state index is 14.2. The number of imide groups is 1. The Labute approximate surface area is 220 Å². The van der Waals surface area contributed by atoms with E-state index < -0.39 is 17.0 Å². The van der Waals surface area contributed by atoms with Crippen LogP contribution in [0, 0.1) is 5.82 Å². The second kappa shape index (κ2) is 10.9. The first-order valence-electron chi connectivity index (χ1n) is 10.2. The van der Waals surface area contributed by atoms with Crippen molar-refractivity contribution in [3.8, 4) is 11.5 Å². The van der Waals surface area contributed by atoms with Gasteiger partial charge in [0.05, 0.1) is 18.6 Å². The van der Waals surface area contributed by atoms with Gasteiger partial charge in [0.25, 0.3) is 11.1 Å². The SMILES string of the molecule is COc1cccc(/C=C2\SC(=O)N(Cc3c(F)cccc3Cl)C2=O)c1OCc1ccc(Cl)cc1Cl. The van der Waals surface area contributed by atoms with Gasteiger partial charge >= 0.3 is 0 Å². The molecule has 3 aromatic rings. The minimum absolute atomic E-state index is 0.0722. The zero-order chi connectivity index (χ0) is 25.1. The Morgan fingerprint density at radius 1 is 1.03 bits per heavy atom. The maximum absolute atomic E-state index is 14.2. The van der Waals surface area contributed by atoms with Gasteiger partial charge < -0.3 is 9.47 Å². The monoisotopic (exact) mass is 551 g/mol. The molecule has 35 heavy (non-hydrogen) atoms. The lowest BCUT2D eigenvalue weighted by atomic mass is 10.1. The Kier molecular flexibility index (Phi) is 7.91. The summed E-state index contributed by atoms with van der Waals surface area (Å²) in [5, 5.41) is 0.558. The first-order valence-corrected chi connectivity index (χ1v) is 12.2. The normalized spacial score (nSPS) is 14.7. The molecule has 3 aromatic carbocycles. The van der Waals surface area contributed by atoms with Gasteiger partial charge in [-0.05, 0) is 48.2 Å². The molecule has 0 aromatic heterocycles. The van der Waals surface area contributed by atoms with Crippen molar-refractivity contribution in [1.29, 1.82) is 0 Å². The number of methoxy groups -OCH3 is 1. The van der Waals surface area contributed by atoms with E-state index in [1.165, 1.54) is 31.4 Å². The average Bonchev–Trinajstić information content (AvgIpc) is 3.08. The van der Waals surface area contributed by atoms with Crippen LogP contribution in [0.15, 0.2) is 59.5 Å². The highest BCUT2D eigenvalue weighted by Crippen LogP contribution is 2.39. The molecule has 0 saturated carbocycles. The van der Waals surface area contributed by atoms with E-state index in [1.807, 2.05) is 0 Å². The van der Waals surface area contributed by atoms with Crippen LogP contribution < -0.4 is 9.47 Å². The van der Waals surface area contributed by atoms with Crippen molar-refractivity contribution in [2.45, 2.75) is 13.2 Å². The highest BCUT2D eigenvalue weighted by atomic mass is 35.5. The predicted molar refractivity (Wildman–Crippen MR) is 137 cm³/mol. The van der Waals surface area contributed by atoms with Crippen molar-refractivity contribution in [3.63, 3.8) is 0 Å². The molecule has 1 heterocycles. The van der Waals surface area contributed by atoms with Crippen molar-refractivity contribution in [1.82, 2.24) is 4.90 Å². The number of rotatable bonds is 7. The first-order chi connectivity index (χ1) is 16.8. The average molecular weight is 553 g/mol. The molecule has 1 aliphatic heterocycles. The Hall–Kier alpha value is -2.71. The lowest BCUT2D eigenvalue weighted by molar-refractivity contribution is -0.123. The summed E-state index contributed by atoms with van der Waals surface area (Å²) in [7, 11) is 1.49. The number of para-hydroxylation sites is 1. The van der Waals surface area contributed by atoms with Gasteiger partial charge in [-0.2, -0.15) is 0 Å². The van der Waals surface area contributed by atoms with Gasteiger partial charge in [0, 0.05) is 31.8 Å². The van der Waals surface area contributed by atoms with Crippen molar-refractivity contribution >= 4 is 63.8 Å². The molecule has 1 saturated heterocycles. The summed E-state index contributed by atoms with van der Waals surface area (Å²) < 4.78 is 25.6. The molecule has 0 radical (unpaired) electrons. The lowest BCUT2D eigenvalue weighted by Crippen LogP contribution is -2.28. The van der Waals surface area contributed by atoms with Gasteiger partial charge in [0.1, 0.15) is 12.4 Å². The molecule has 180 valence electrons. The van der Waals surface area contributed by atoms with E-state index in [0.29, 0.717) is 32.7 Å². The van der Waals surface area contributed by atoms with E-state index in [1.54, 1.807) is 36.4 Å². The third kappa shape index (κ3) is 5.59. The second-order valence-electron chi connectivity index (χ2n) is 7.37. The molecule has 0 bridgehead atoms. The predicted octanol–water partition coefficient (Wildman–Crippen LogP) is 7.61. The molecule has 0 atom stereocenters. The topological polar surface area (TPSA) is 55.8 Å². The first kappa shape index (κ1) is 25.4. The van der Waals surface area contributed by atoms with Crippen LogP contribution in [0.3, 0.4) is 0 Å². The zero-order valence-electron chi connectivity index (χ0n) is 18.2. The van der Waals surface area contributed by atoms with E-state index in [4.69, 9.17) is 44.3 Å². The number of hydrogen-bond donors (Lipinski definition) is 0. The lowest BCUT2D eigenvalue weighted by Gasteiger charge is -2.15. The fourth-order valence-corrected chi connectivity index (χ4v) is 4.88. The van der Waals surface area contributed by atoms with Crippen LogP contribution in [0.5, 0.6) is 11.5 Å². The number of carbonyl (C=O) groups is 2. The van der Waals surface area contributed by atoms with Gasteiger partial charge in [-0.1, -0.05) is 59.1 Å². The second-order valence-corrected chi connectivity index (χ2v) is 9.62. The smallest absolute Gasteiger partial charge is 0.293 e. The quantitative estimate of drug-likeness (QED) is 0.282. The Morgan fingerprint density at radius 3 is 2.51 bits per heavy atom. The van der Waals surface area contributed by atoms with E-state index in [2.05, 4.69) is 0 Å². The molecule has 2 amide bonds. The van der Waals surface area contributed by atoms with Gasteiger partial charge in [0.2, 0.25) is 0 Å². The Balaban J connectivity index is 1.61. The van der Waals surface area contributed by atoms with Crippen LogP contribution >= 0.6 is 46.6 Å². The molecule has 1 aliphatic rings. The summed E-state index contributed by atoms with van der Waals surface area (Å²) >= 11 is 19.0. The number of ether oxygens (including phenoxy) is 2. The standard InChI is InChI=1S/C25H17Cl3FNO4S/c1-33-21-7-2-4-14(23(21)34-13-15-8-9-16(26)11-19(15)28)10-22-24(31)30(25(32)35-22)12-17-18(27)5-3-6-20(17)29/h2-11H,12-13H2,1H3/b22-10-. The summed E-state index contributed by atoms with van der Waals surface area (Å²) in [6.45, 7) is -0.158. The molecule has 0 spiro atoms. The van der Waals surface area contributed by atoms with Crippen LogP contribution in [0.4, 0.5) is 9.18 Å². The summed E-state index contributed by atoms with van der Waals surface area (Å²) in [6, 6.07) is 14.4. The minimum Gasteiger partial charge on any atom is -0.493 e. The van der Waals surface area contributed by atoms with E-state index in [-0.39, 0.29) is 28.6 Å². The van der Waals surface area contributed by atoms with Gasteiger partial charge in [-0.25, -0.2) is 4.39 Å². The number of halogens is 4. The fraction of sp³-hybridized carbons (Fsp3) is 0.120. The van der Waals surface area contributed by atoms with Crippen LogP contribution in [-0.2, 0) is 17.9 Å². The number of hydrogen-bond acceptors (Lipinski definition) is 5. The van der Waals surface area contributed by atoms with Crippen molar-refractivity contribution in [3.05, 3.63) is 97.1 Å². The Morgan fingerprint density at radius 2 is 1.80 bits per heavy atom.